The third-order valence-electron chi connectivity index (χ3n) is 2.99. The Morgan fingerprint density at radius 1 is 0.947 bits per heavy atom. The van der Waals surface area contributed by atoms with Crippen molar-refractivity contribution < 1.29 is 0 Å². The Morgan fingerprint density at radius 3 is 2.53 bits per heavy atom. The Hall–Kier alpha value is -2.55. The van der Waals surface area contributed by atoms with Crippen molar-refractivity contribution in [1.29, 1.82) is 0 Å². The molecule has 19 heavy (non-hydrogen) atoms. The van der Waals surface area contributed by atoms with Crippen molar-refractivity contribution in [1.82, 2.24) is 9.55 Å². The molecule has 1 N–H and O–H groups in total. The molecule has 0 fully saturated rings. The molecule has 2 heterocycles. The molecule has 0 aliphatic carbocycles. The van der Waals surface area contributed by atoms with E-state index in [9.17, 15) is 0 Å². The molecule has 3 aromatic rings. The number of pyridine rings is 1. The molecule has 0 spiro atoms. The van der Waals surface area contributed by atoms with E-state index in [0.29, 0.717) is 0 Å². The molecule has 0 unspecified atom stereocenters. The van der Waals surface area contributed by atoms with Gasteiger partial charge in [0.15, 0.2) is 0 Å². The van der Waals surface area contributed by atoms with Crippen LogP contribution in [0, 0.1) is 0 Å². The summed E-state index contributed by atoms with van der Waals surface area (Å²) in [7, 11) is 0. The maximum absolute atomic E-state index is 4.02. The normalized spacial score (nSPS) is 10.3. The minimum Gasteiger partial charge on any atom is -0.381 e. The fourth-order valence-electron chi connectivity index (χ4n) is 1.99. The van der Waals surface area contributed by atoms with Crippen molar-refractivity contribution in [3.8, 4) is 5.69 Å². The number of hydrogen-bond acceptors (Lipinski definition) is 2. The predicted molar refractivity (Wildman–Crippen MR) is 77.3 cm³/mol. The first kappa shape index (κ1) is 11.5. The molecule has 94 valence electrons. The molecule has 0 atom stereocenters. The van der Waals surface area contributed by atoms with Gasteiger partial charge in [-0.3, -0.25) is 4.98 Å². The van der Waals surface area contributed by atoms with E-state index in [1.165, 1.54) is 5.56 Å². The average Bonchev–Trinajstić information content (AvgIpc) is 3.01. The highest BCUT2D eigenvalue weighted by Gasteiger charge is 1.97. The predicted octanol–water partition coefficient (Wildman–Crippen LogP) is 3.48. The smallest absolute Gasteiger partial charge is 0.0469 e. The Balaban J connectivity index is 1.74. The van der Waals surface area contributed by atoms with Gasteiger partial charge in [-0.15, -0.1) is 0 Å². The highest BCUT2D eigenvalue weighted by Crippen LogP contribution is 2.15. The fourth-order valence-corrected chi connectivity index (χ4v) is 1.99. The van der Waals surface area contributed by atoms with Crippen molar-refractivity contribution in [2.75, 3.05) is 5.32 Å². The SMILES string of the molecule is c1cc(NCc2ccncc2)cc(-n2cccc2)c1. The van der Waals surface area contributed by atoms with Crippen LogP contribution >= 0.6 is 0 Å². The Bertz CT molecular complexity index is 630. The van der Waals surface area contributed by atoms with Crippen LogP contribution in [0.25, 0.3) is 5.69 Å². The summed E-state index contributed by atoms with van der Waals surface area (Å²) in [5.74, 6) is 0. The lowest BCUT2D eigenvalue weighted by Gasteiger charge is -2.09. The lowest BCUT2D eigenvalue weighted by molar-refractivity contribution is 1.07. The Morgan fingerprint density at radius 2 is 1.74 bits per heavy atom. The molecular weight excluding hydrogens is 234 g/mol. The number of hydrogen-bond donors (Lipinski definition) is 1. The summed E-state index contributed by atoms with van der Waals surface area (Å²) in [6.07, 6.45) is 7.71. The van der Waals surface area contributed by atoms with Gasteiger partial charge in [-0.25, -0.2) is 0 Å². The van der Waals surface area contributed by atoms with Crippen molar-refractivity contribution >= 4 is 5.69 Å². The van der Waals surface area contributed by atoms with E-state index < -0.39 is 0 Å². The van der Waals surface area contributed by atoms with Gasteiger partial charge in [0.05, 0.1) is 0 Å². The highest BCUT2D eigenvalue weighted by molar-refractivity contribution is 5.51. The van der Waals surface area contributed by atoms with Crippen LogP contribution in [0.1, 0.15) is 5.56 Å². The zero-order chi connectivity index (χ0) is 12.9. The first-order valence-electron chi connectivity index (χ1n) is 6.28. The molecule has 1 aromatic carbocycles. The van der Waals surface area contributed by atoms with Crippen LogP contribution < -0.4 is 5.32 Å². The molecule has 2 aromatic heterocycles. The number of aromatic nitrogens is 2. The van der Waals surface area contributed by atoms with Gasteiger partial charge < -0.3 is 9.88 Å². The van der Waals surface area contributed by atoms with E-state index >= 15 is 0 Å². The van der Waals surface area contributed by atoms with E-state index in [1.54, 1.807) is 0 Å². The minimum atomic E-state index is 0.803. The topological polar surface area (TPSA) is 29.9 Å². The largest absolute Gasteiger partial charge is 0.381 e. The second-order valence-electron chi connectivity index (χ2n) is 4.35. The maximum atomic E-state index is 4.02. The van der Waals surface area contributed by atoms with E-state index in [2.05, 4.69) is 39.1 Å². The quantitative estimate of drug-likeness (QED) is 0.767. The molecule has 0 bridgehead atoms. The van der Waals surface area contributed by atoms with Crippen molar-refractivity contribution in [2.45, 2.75) is 6.54 Å². The number of anilines is 1. The van der Waals surface area contributed by atoms with E-state index in [-0.39, 0.29) is 0 Å². The summed E-state index contributed by atoms with van der Waals surface area (Å²) < 4.78 is 2.09. The third-order valence-corrected chi connectivity index (χ3v) is 2.99. The van der Waals surface area contributed by atoms with Crippen LogP contribution in [0.2, 0.25) is 0 Å². The van der Waals surface area contributed by atoms with Gasteiger partial charge in [-0.1, -0.05) is 6.07 Å². The van der Waals surface area contributed by atoms with Gasteiger partial charge in [0.1, 0.15) is 0 Å². The van der Waals surface area contributed by atoms with Gasteiger partial charge in [-0.2, -0.15) is 0 Å². The molecule has 0 saturated heterocycles. The van der Waals surface area contributed by atoms with Gasteiger partial charge in [-0.05, 0) is 48.0 Å². The van der Waals surface area contributed by atoms with Crippen molar-refractivity contribution in [3.05, 3.63) is 78.9 Å². The molecule has 0 radical (unpaired) electrons. The molecule has 0 aliphatic rings. The lowest BCUT2D eigenvalue weighted by atomic mass is 10.2. The van der Waals surface area contributed by atoms with Gasteiger partial charge in [0, 0.05) is 42.7 Å². The molecule has 0 amide bonds. The van der Waals surface area contributed by atoms with Crippen LogP contribution in [0.5, 0.6) is 0 Å². The monoisotopic (exact) mass is 249 g/mol. The second kappa shape index (κ2) is 5.40. The first-order chi connectivity index (χ1) is 9.42. The Kier molecular flexibility index (Phi) is 3.28. The number of nitrogens with one attached hydrogen (secondary N) is 1. The summed E-state index contributed by atoms with van der Waals surface area (Å²) in [5, 5.41) is 3.42. The zero-order valence-electron chi connectivity index (χ0n) is 10.5. The summed E-state index contributed by atoms with van der Waals surface area (Å²) >= 11 is 0. The molecule has 0 saturated carbocycles. The number of nitrogens with zero attached hydrogens (tertiary/aromatic N) is 2. The van der Waals surface area contributed by atoms with Gasteiger partial charge >= 0.3 is 0 Å². The average molecular weight is 249 g/mol. The van der Waals surface area contributed by atoms with Crippen LogP contribution in [-0.2, 0) is 6.54 Å². The summed E-state index contributed by atoms with van der Waals surface area (Å²) in [4.78, 5) is 4.02. The molecule has 3 heteroatoms. The summed E-state index contributed by atoms with van der Waals surface area (Å²) in [5.41, 5.74) is 3.49. The lowest BCUT2D eigenvalue weighted by Crippen LogP contribution is -2.00. The van der Waals surface area contributed by atoms with Gasteiger partial charge in [0.2, 0.25) is 0 Å². The molecular formula is C16H15N3. The molecule has 0 aliphatic heterocycles. The first-order valence-corrected chi connectivity index (χ1v) is 6.28. The minimum absolute atomic E-state index is 0.803. The molecule has 3 rings (SSSR count). The van der Waals surface area contributed by atoms with Crippen LogP contribution in [0.15, 0.2) is 73.3 Å². The van der Waals surface area contributed by atoms with E-state index in [4.69, 9.17) is 0 Å². The number of rotatable bonds is 4. The third kappa shape index (κ3) is 2.83. The summed E-state index contributed by atoms with van der Waals surface area (Å²) in [6, 6.07) is 16.5. The Labute approximate surface area is 112 Å². The van der Waals surface area contributed by atoms with Crippen molar-refractivity contribution in [2.24, 2.45) is 0 Å². The summed E-state index contributed by atoms with van der Waals surface area (Å²) in [6.45, 7) is 0.803. The van der Waals surface area contributed by atoms with Crippen LogP contribution in [0.3, 0.4) is 0 Å². The van der Waals surface area contributed by atoms with Gasteiger partial charge in [0.25, 0.3) is 0 Å². The van der Waals surface area contributed by atoms with Crippen LogP contribution in [-0.4, -0.2) is 9.55 Å². The highest BCUT2D eigenvalue weighted by atomic mass is 14.9. The van der Waals surface area contributed by atoms with E-state index in [0.717, 1.165) is 17.9 Å². The maximum Gasteiger partial charge on any atom is 0.0469 e. The van der Waals surface area contributed by atoms with Crippen molar-refractivity contribution in [3.63, 3.8) is 0 Å². The fraction of sp³-hybridized carbons (Fsp3) is 0.0625. The zero-order valence-corrected chi connectivity index (χ0v) is 10.5. The molecule has 3 nitrogen and oxygen atoms in total. The van der Waals surface area contributed by atoms with Crippen LogP contribution in [0.4, 0.5) is 5.69 Å². The standard InChI is InChI=1S/C16H15N3/c1-2-11-19(10-1)16-5-3-4-15(12-16)18-13-14-6-8-17-9-7-14/h1-12,18H,13H2. The number of benzene rings is 1. The van der Waals surface area contributed by atoms with E-state index in [1.807, 2.05) is 49.1 Å². The second-order valence-corrected chi connectivity index (χ2v) is 4.35.